The van der Waals surface area contributed by atoms with Gasteiger partial charge < -0.3 is 4.57 Å². The fourth-order valence-corrected chi connectivity index (χ4v) is 2.10. The van der Waals surface area contributed by atoms with Crippen molar-refractivity contribution in [2.75, 3.05) is 0 Å². The molecule has 0 unspecified atom stereocenters. The Balaban J connectivity index is 2.24. The molecule has 0 saturated carbocycles. The maximum Gasteiger partial charge on any atom is 0.0712 e. The summed E-state index contributed by atoms with van der Waals surface area (Å²) in [6.45, 7) is 2.01. The van der Waals surface area contributed by atoms with Crippen LogP contribution in [-0.2, 0) is 0 Å². The van der Waals surface area contributed by atoms with Crippen LogP contribution in [0.3, 0.4) is 0 Å². The van der Waals surface area contributed by atoms with Crippen molar-refractivity contribution in [3.05, 3.63) is 59.5 Å². The molecule has 0 N–H and O–H groups in total. The SMILES string of the molecule is Cc1cc(-n2ccc3ccncc32)ccc1Cl. The highest BCUT2D eigenvalue weighted by Gasteiger charge is 2.04. The Morgan fingerprint density at radius 1 is 1.18 bits per heavy atom. The highest BCUT2D eigenvalue weighted by Crippen LogP contribution is 2.23. The fourth-order valence-electron chi connectivity index (χ4n) is 1.98. The fraction of sp³-hybridized carbons (Fsp3) is 0.0714. The van der Waals surface area contributed by atoms with Crippen molar-refractivity contribution >= 4 is 22.5 Å². The Labute approximate surface area is 104 Å². The Morgan fingerprint density at radius 2 is 2.06 bits per heavy atom. The first-order valence-corrected chi connectivity index (χ1v) is 5.81. The summed E-state index contributed by atoms with van der Waals surface area (Å²) in [5, 5.41) is 1.98. The lowest BCUT2D eigenvalue weighted by molar-refractivity contribution is 1.11. The largest absolute Gasteiger partial charge is 0.315 e. The highest BCUT2D eigenvalue weighted by atomic mass is 35.5. The third kappa shape index (κ3) is 1.71. The molecule has 0 fully saturated rings. The molecule has 2 heterocycles. The number of hydrogen-bond donors (Lipinski definition) is 0. The lowest BCUT2D eigenvalue weighted by Crippen LogP contribution is -1.92. The first kappa shape index (κ1) is 10.4. The highest BCUT2D eigenvalue weighted by molar-refractivity contribution is 6.31. The van der Waals surface area contributed by atoms with E-state index in [-0.39, 0.29) is 0 Å². The second-order valence-electron chi connectivity index (χ2n) is 4.05. The summed E-state index contributed by atoms with van der Waals surface area (Å²) in [4.78, 5) is 4.16. The Bertz CT molecular complexity index is 686. The third-order valence-corrected chi connectivity index (χ3v) is 3.34. The topological polar surface area (TPSA) is 17.8 Å². The molecule has 0 saturated heterocycles. The minimum atomic E-state index is 0.795. The molecule has 0 aliphatic heterocycles. The molecule has 17 heavy (non-hydrogen) atoms. The predicted octanol–water partition coefficient (Wildman–Crippen LogP) is 3.99. The van der Waals surface area contributed by atoms with Crippen molar-refractivity contribution in [3.8, 4) is 5.69 Å². The Kier molecular flexibility index (Phi) is 2.37. The Hall–Kier alpha value is -1.80. The molecule has 2 nitrogen and oxygen atoms in total. The van der Waals surface area contributed by atoms with E-state index >= 15 is 0 Å². The number of hydrogen-bond acceptors (Lipinski definition) is 1. The predicted molar refractivity (Wildman–Crippen MR) is 70.8 cm³/mol. The summed E-state index contributed by atoms with van der Waals surface area (Å²) in [7, 11) is 0. The third-order valence-electron chi connectivity index (χ3n) is 2.92. The van der Waals surface area contributed by atoms with Crippen molar-refractivity contribution in [3.63, 3.8) is 0 Å². The van der Waals surface area contributed by atoms with Gasteiger partial charge in [-0.1, -0.05) is 11.6 Å². The minimum Gasteiger partial charge on any atom is -0.315 e. The molecular weight excluding hydrogens is 232 g/mol. The molecule has 0 aliphatic rings. The van der Waals surface area contributed by atoms with Crippen LogP contribution >= 0.6 is 11.6 Å². The molecule has 0 bridgehead atoms. The van der Waals surface area contributed by atoms with E-state index in [0.717, 1.165) is 21.8 Å². The van der Waals surface area contributed by atoms with Crippen LogP contribution < -0.4 is 0 Å². The molecule has 3 heteroatoms. The van der Waals surface area contributed by atoms with Gasteiger partial charge in [0.2, 0.25) is 0 Å². The zero-order valence-electron chi connectivity index (χ0n) is 9.39. The molecule has 0 aliphatic carbocycles. The molecule has 84 valence electrons. The summed E-state index contributed by atoms with van der Waals surface area (Å²) in [5.41, 5.74) is 3.29. The van der Waals surface area contributed by atoms with E-state index in [1.807, 2.05) is 31.3 Å². The first-order valence-electron chi connectivity index (χ1n) is 5.43. The molecule has 1 aromatic carbocycles. The van der Waals surface area contributed by atoms with Crippen LogP contribution in [0.25, 0.3) is 16.6 Å². The number of benzene rings is 1. The molecule has 0 atom stereocenters. The summed E-state index contributed by atoms with van der Waals surface area (Å²) < 4.78 is 2.12. The van der Waals surface area contributed by atoms with Crippen molar-refractivity contribution in [1.29, 1.82) is 0 Å². The zero-order valence-corrected chi connectivity index (χ0v) is 10.1. The smallest absolute Gasteiger partial charge is 0.0712 e. The van der Waals surface area contributed by atoms with Gasteiger partial charge in [0.25, 0.3) is 0 Å². The van der Waals surface area contributed by atoms with Gasteiger partial charge in [0.15, 0.2) is 0 Å². The van der Waals surface area contributed by atoms with Gasteiger partial charge in [0.1, 0.15) is 0 Å². The first-order chi connectivity index (χ1) is 8.25. The van der Waals surface area contributed by atoms with E-state index in [1.165, 1.54) is 5.39 Å². The van der Waals surface area contributed by atoms with Gasteiger partial charge in [-0.2, -0.15) is 0 Å². The van der Waals surface area contributed by atoms with Gasteiger partial charge in [0.05, 0.1) is 11.7 Å². The van der Waals surface area contributed by atoms with Gasteiger partial charge in [-0.05, 0) is 42.8 Å². The minimum absolute atomic E-state index is 0.795. The normalized spacial score (nSPS) is 10.9. The monoisotopic (exact) mass is 242 g/mol. The van der Waals surface area contributed by atoms with E-state index in [9.17, 15) is 0 Å². The number of halogens is 1. The van der Waals surface area contributed by atoms with Crippen molar-refractivity contribution in [1.82, 2.24) is 9.55 Å². The van der Waals surface area contributed by atoms with Crippen molar-refractivity contribution in [2.45, 2.75) is 6.92 Å². The number of rotatable bonds is 1. The second kappa shape index (κ2) is 3.90. The standard InChI is InChI=1S/C14H11ClN2/c1-10-8-12(2-3-13(10)15)17-7-5-11-4-6-16-9-14(11)17/h2-9H,1H3. The van der Waals surface area contributed by atoms with Crippen LogP contribution in [0.15, 0.2) is 48.9 Å². The average molecular weight is 243 g/mol. The molecule has 3 aromatic rings. The Morgan fingerprint density at radius 3 is 2.88 bits per heavy atom. The number of nitrogens with zero attached hydrogens (tertiary/aromatic N) is 2. The van der Waals surface area contributed by atoms with Crippen LogP contribution in [-0.4, -0.2) is 9.55 Å². The van der Waals surface area contributed by atoms with E-state index in [0.29, 0.717) is 0 Å². The van der Waals surface area contributed by atoms with Gasteiger partial charge in [-0.3, -0.25) is 4.98 Å². The average Bonchev–Trinajstić information content (AvgIpc) is 2.76. The van der Waals surface area contributed by atoms with Gasteiger partial charge >= 0.3 is 0 Å². The lowest BCUT2D eigenvalue weighted by Gasteiger charge is -2.07. The van der Waals surface area contributed by atoms with E-state index in [4.69, 9.17) is 11.6 Å². The van der Waals surface area contributed by atoms with Crippen LogP contribution in [0.1, 0.15) is 5.56 Å². The summed E-state index contributed by atoms with van der Waals surface area (Å²) >= 11 is 6.04. The van der Waals surface area contributed by atoms with Crippen LogP contribution in [0.4, 0.5) is 0 Å². The number of pyridine rings is 1. The number of aryl methyl sites for hydroxylation is 1. The molecule has 0 amide bonds. The van der Waals surface area contributed by atoms with Crippen LogP contribution in [0.5, 0.6) is 0 Å². The summed E-state index contributed by atoms with van der Waals surface area (Å²) in [6, 6.07) is 10.1. The van der Waals surface area contributed by atoms with E-state index < -0.39 is 0 Å². The molecule has 3 rings (SSSR count). The number of aromatic nitrogens is 2. The zero-order chi connectivity index (χ0) is 11.8. The van der Waals surface area contributed by atoms with Crippen molar-refractivity contribution in [2.24, 2.45) is 0 Å². The quantitative estimate of drug-likeness (QED) is 0.631. The molecule has 2 aromatic heterocycles. The lowest BCUT2D eigenvalue weighted by atomic mass is 10.2. The molecule has 0 spiro atoms. The van der Waals surface area contributed by atoms with Crippen LogP contribution in [0, 0.1) is 6.92 Å². The molecular formula is C14H11ClN2. The van der Waals surface area contributed by atoms with Gasteiger partial charge in [-0.25, -0.2) is 0 Å². The van der Waals surface area contributed by atoms with E-state index in [1.54, 1.807) is 6.20 Å². The van der Waals surface area contributed by atoms with Crippen LogP contribution in [0.2, 0.25) is 5.02 Å². The molecule has 0 radical (unpaired) electrons. The number of fused-ring (bicyclic) bond motifs is 1. The van der Waals surface area contributed by atoms with Gasteiger partial charge in [0, 0.05) is 28.5 Å². The summed E-state index contributed by atoms with van der Waals surface area (Å²) in [6.07, 6.45) is 5.73. The van der Waals surface area contributed by atoms with E-state index in [2.05, 4.69) is 27.9 Å². The van der Waals surface area contributed by atoms with Crippen molar-refractivity contribution < 1.29 is 0 Å². The second-order valence-corrected chi connectivity index (χ2v) is 4.46. The maximum atomic E-state index is 6.04. The summed E-state index contributed by atoms with van der Waals surface area (Å²) in [5.74, 6) is 0. The van der Waals surface area contributed by atoms with Gasteiger partial charge in [-0.15, -0.1) is 0 Å². The maximum absolute atomic E-state index is 6.04.